The molecule has 3 aliphatic rings. The summed E-state index contributed by atoms with van der Waals surface area (Å²) in [6, 6.07) is 7.23. The minimum atomic E-state index is -0.268. The van der Waals surface area contributed by atoms with Gasteiger partial charge in [0.25, 0.3) is 5.91 Å². The Kier molecular flexibility index (Phi) is 4.79. The second-order valence-electron chi connectivity index (χ2n) is 7.87. The Morgan fingerprint density at radius 2 is 1.81 bits per heavy atom. The molecule has 1 aliphatic carbocycles. The van der Waals surface area contributed by atoms with Crippen molar-refractivity contribution in [1.82, 2.24) is 9.80 Å². The molecule has 5 nitrogen and oxygen atoms in total. The lowest BCUT2D eigenvalue weighted by atomic mass is 9.75. The summed E-state index contributed by atoms with van der Waals surface area (Å²) in [7, 11) is 0. The molecule has 0 radical (unpaired) electrons. The van der Waals surface area contributed by atoms with Crippen LogP contribution in [0, 0.1) is 11.8 Å². The van der Waals surface area contributed by atoms with Gasteiger partial charge < -0.3 is 4.90 Å². The molecule has 0 unspecified atom stereocenters. The Labute approximate surface area is 154 Å². The summed E-state index contributed by atoms with van der Waals surface area (Å²) in [5.74, 6) is 1.04. The zero-order valence-corrected chi connectivity index (χ0v) is 15.2. The van der Waals surface area contributed by atoms with E-state index in [9.17, 15) is 14.4 Å². The van der Waals surface area contributed by atoms with Gasteiger partial charge in [-0.1, -0.05) is 37.5 Å². The maximum atomic E-state index is 12.7. The summed E-state index contributed by atoms with van der Waals surface area (Å²) in [5, 5.41) is 0. The van der Waals surface area contributed by atoms with Crippen molar-refractivity contribution in [2.45, 2.75) is 44.9 Å². The Morgan fingerprint density at radius 3 is 2.65 bits per heavy atom. The van der Waals surface area contributed by atoms with Gasteiger partial charge in [-0.05, 0) is 36.3 Å². The molecular weight excluding hydrogens is 328 g/mol. The van der Waals surface area contributed by atoms with E-state index >= 15 is 0 Å². The van der Waals surface area contributed by atoms with E-state index < -0.39 is 0 Å². The molecule has 2 atom stereocenters. The van der Waals surface area contributed by atoms with Crippen molar-refractivity contribution >= 4 is 17.7 Å². The second kappa shape index (κ2) is 7.22. The number of likely N-dealkylation sites (tertiary alicyclic amines) is 1. The van der Waals surface area contributed by atoms with Gasteiger partial charge in [0.1, 0.15) is 0 Å². The van der Waals surface area contributed by atoms with Gasteiger partial charge in [0.05, 0.1) is 6.42 Å². The van der Waals surface area contributed by atoms with Gasteiger partial charge in [-0.3, -0.25) is 19.3 Å². The molecular formula is C21H26N2O3. The smallest absolute Gasteiger partial charge is 0.260 e. The maximum absolute atomic E-state index is 12.7. The number of hydrogen-bond acceptors (Lipinski definition) is 3. The molecule has 1 aromatic carbocycles. The zero-order chi connectivity index (χ0) is 18.1. The number of rotatable bonds is 3. The Morgan fingerprint density at radius 1 is 1.04 bits per heavy atom. The lowest BCUT2D eigenvalue weighted by molar-refractivity contribution is -0.135. The summed E-state index contributed by atoms with van der Waals surface area (Å²) in [6.07, 6.45) is 6.72. The quantitative estimate of drug-likeness (QED) is 0.784. The van der Waals surface area contributed by atoms with Crippen LogP contribution in [0.15, 0.2) is 24.3 Å². The number of piperidine rings is 1. The summed E-state index contributed by atoms with van der Waals surface area (Å²) in [6.45, 7) is 1.87. The van der Waals surface area contributed by atoms with Crippen LogP contribution in [0.5, 0.6) is 0 Å². The molecule has 0 spiro atoms. The predicted molar refractivity (Wildman–Crippen MR) is 97.5 cm³/mol. The van der Waals surface area contributed by atoms with Gasteiger partial charge in [-0.2, -0.15) is 0 Å². The number of fused-ring (bicyclic) bond motifs is 2. The molecule has 1 aromatic rings. The minimum absolute atomic E-state index is 0.0773. The molecule has 0 N–H and O–H groups in total. The van der Waals surface area contributed by atoms with Crippen LogP contribution in [0.3, 0.4) is 0 Å². The third-order valence-electron chi connectivity index (χ3n) is 6.33. The van der Waals surface area contributed by atoms with Crippen LogP contribution in [-0.4, -0.2) is 47.2 Å². The molecule has 138 valence electrons. The van der Waals surface area contributed by atoms with E-state index in [1.807, 2.05) is 23.1 Å². The number of benzene rings is 1. The molecule has 5 heteroatoms. The highest BCUT2D eigenvalue weighted by Crippen LogP contribution is 2.36. The van der Waals surface area contributed by atoms with Crippen molar-refractivity contribution in [3.63, 3.8) is 0 Å². The Balaban J connectivity index is 1.36. The molecule has 2 fully saturated rings. The highest BCUT2D eigenvalue weighted by Gasteiger charge is 2.34. The lowest BCUT2D eigenvalue weighted by Gasteiger charge is -2.41. The van der Waals surface area contributed by atoms with Crippen LogP contribution in [-0.2, 0) is 16.0 Å². The first-order valence-corrected chi connectivity index (χ1v) is 9.84. The molecule has 2 heterocycles. The standard InChI is InChI=1S/C21H26N2O3/c24-19(22-11-9-15-5-1-2-7-17(15)14-22)10-12-23-20(25)13-16-6-3-4-8-18(16)21(23)26/h3-4,6,8,15,17H,1-2,5,7,9-14H2/t15-,17+/m1/s1. The summed E-state index contributed by atoms with van der Waals surface area (Å²) in [5.41, 5.74) is 1.37. The first-order chi connectivity index (χ1) is 12.6. The van der Waals surface area contributed by atoms with Crippen LogP contribution in [0.2, 0.25) is 0 Å². The second-order valence-corrected chi connectivity index (χ2v) is 7.87. The van der Waals surface area contributed by atoms with E-state index in [1.165, 1.54) is 30.6 Å². The molecule has 0 aromatic heterocycles. The van der Waals surface area contributed by atoms with Gasteiger partial charge in [0.15, 0.2) is 0 Å². The molecule has 1 saturated carbocycles. The average molecular weight is 354 g/mol. The maximum Gasteiger partial charge on any atom is 0.260 e. The number of imide groups is 1. The van der Waals surface area contributed by atoms with Crippen molar-refractivity contribution in [3.05, 3.63) is 35.4 Å². The average Bonchev–Trinajstić information content (AvgIpc) is 2.67. The third-order valence-corrected chi connectivity index (χ3v) is 6.33. The molecule has 1 saturated heterocycles. The van der Waals surface area contributed by atoms with E-state index in [0.717, 1.165) is 31.0 Å². The molecule has 2 aliphatic heterocycles. The van der Waals surface area contributed by atoms with Crippen molar-refractivity contribution in [2.75, 3.05) is 19.6 Å². The van der Waals surface area contributed by atoms with Gasteiger partial charge in [-0.25, -0.2) is 0 Å². The van der Waals surface area contributed by atoms with E-state index in [1.54, 1.807) is 6.07 Å². The zero-order valence-electron chi connectivity index (χ0n) is 15.2. The largest absolute Gasteiger partial charge is 0.342 e. The van der Waals surface area contributed by atoms with Crippen LogP contribution in [0.1, 0.15) is 54.4 Å². The van der Waals surface area contributed by atoms with Gasteiger partial charge in [-0.15, -0.1) is 0 Å². The van der Waals surface area contributed by atoms with Gasteiger partial charge >= 0.3 is 0 Å². The van der Waals surface area contributed by atoms with Crippen molar-refractivity contribution in [3.8, 4) is 0 Å². The van der Waals surface area contributed by atoms with E-state index in [-0.39, 0.29) is 37.1 Å². The normalized spacial score (nSPS) is 25.7. The minimum Gasteiger partial charge on any atom is -0.342 e. The van der Waals surface area contributed by atoms with E-state index in [0.29, 0.717) is 11.5 Å². The summed E-state index contributed by atoms with van der Waals surface area (Å²) >= 11 is 0. The Hall–Kier alpha value is -2.17. The molecule has 4 rings (SSSR count). The van der Waals surface area contributed by atoms with E-state index in [2.05, 4.69) is 0 Å². The highest BCUT2D eigenvalue weighted by atomic mass is 16.2. The number of amides is 3. The molecule has 3 amide bonds. The SMILES string of the molecule is O=C(CCN1C(=O)Cc2ccccc2C1=O)N1CC[C@H]2CCCC[C@H]2C1. The molecule has 26 heavy (non-hydrogen) atoms. The first kappa shape index (κ1) is 17.3. The van der Waals surface area contributed by atoms with Crippen molar-refractivity contribution in [2.24, 2.45) is 11.8 Å². The monoisotopic (exact) mass is 354 g/mol. The number of carbonyl (C=O) groups is 3. The fourth-order valence-corrected chi connectivity index (χ4v) is 4.82. The number of carbonyl (C=O) groups excluding carboxylic acids is 3. The van der Waals surface area contributed by atoms with Crippen LogP contribution in [0.4, 0.5) is 0 Å². The van der Waals surface area contributed by atoms with Gasteiger partial charge in [0.2, 0.25) is 11.8 Å². The third kappa shape index (κ3) is 3.27. The fourth-order valence-electron chi connectivity index (χ4n) is 4.82. The van der Waals surface area contributed by atoms with Crippen LogP contribution < -0.4 is 0 Å². The first-order valence-electron chi connectivity index (χ1n) is 9.84. The fraction of sp³-hybridized carbons (Fsp3) is 0.571. The number of nitrogens with zero attached hydrogens (tertiary/aromatic N) is 2. The van der Waals surface area contributed by atoms with Crippen molar-refractivity contribution < 1.29 is 14.4 Å². The van der Waals surface area contributed by atoms with E-state index in [4.69, 9.17) is 0 Å². The summed E-state index contributed by atoms with van der Waals surface area (Å²) in [4.78, 5) is 40.8. The van der Waals surface area contributed by atoms with Crippen LogP contribution >= 0.6 is 0 Å². The Bertz CT molecular complexity index is 730. The van der Waals surface area contributed by atoms with Crippen LogP contribution in [0.25, 0.3) is 0 Å². The summed E-state index contributed by atoms with van der Waals surface area (Å²) < 4.78 is 0. The van der Waals surface area contributed by atoms with Gasteiger partial charge in [0, 0.05) is 31.6 Å². The topological polar surface area (TPSA) is 57.7 Å². The molecule has 0 bridgehead atoms. The highest BCUT2D eigenvalue weighted by molar-refractivity contribution is 6.09. The van der Waals surface area contributed by atoms with Crippen molar-refractivity contribution in [1.29, 1.82) is 0 Å². The number of hydrogen-bond donors (Lipinski definition) is 0. The lowest BCUT2D eigenvalue weighted by Crippen LogP contribution is -2.47. The predicted octanol–water partition coefficient (Wildman–Crippen LogP) is 2.64.